The molecule has 1 amide bonds. The Kier molecular flexibility index (Phi) is 6.72. The van der Waals surface area contributed by atoms with Crippen LogP contribution in [0.2, 0.25) is 0 Å². The van der Waals surface area contributed by atoms with Crippen LogP contribution in [0.3, 0.4) is 0 Å². The number of imidazole rings is 1. The van der Waals surface area contributed by atoms with Crippen LogP contribution in [0.4, 0.5) is 5.95 Å². The van der Waals surface area contributed by atoms with E-state index >= 15 is 0 Å². The normalized spacial score (nSPS) is 18.9. The van der Waals surface area contributed by atoms with Crippen LogP contribution in [-0.2, 0) is 16.6 Å². The summed E-state index contributed by atoms with van der Waals surface area (Å²) in [5.74, 6) is -0.148. The zero-order chi connectivity index (χ0) is 27.9. The van der Waals surface area contributed by atoms with Crippen molar-refractivity contribution >= 4 is 21.9 Å². The smallest absolute Gasteiger partial charge is 0.264 e. The van der Waals surface area contributed by atoms with Crippen LogP contribution in [0.5, 0.6) is 5.88 Å². The Morgan fingerprint density at radius 1 is 1.02 bits per heavy atom. The Labute approximate surface area is 232 Å². The first-order valence-electron chi connectivity index (χ1n) is 13.0. The van der Waals surface area contributed by atoms with Crippen molar-refractivity contribution < 1.29 is 17.9 Å². The zero-order valence-corrected chi connectivity index (χ0v) is 23.0. The second-order valence-corrected chi connectivity index (χ2v) is 11.8. The van der Waals surface area contributed by atoms with E-state index in [0.717, 1.165) is 22.4 Å². The highest BCUT2D eigenvalue weighted by atomic mass is 32.2. The minimum Gasteiger partial charge on any atom is -0.471 e. The number of H-pyrrole nitrogens is 1. The lowest BCUT2D eigenvalue weighted by Gasteiger charge is -2.25. The molecular weight excluding hydrogens is 530 g/mol. The Bertz CT molecular complexity index is 1650. The molecule has 2 aliphatic rings. The zero-order valence-electron chi connectivity index (χ0n) is 22.2. The number of rotatable bonds is 3. The number of amides is 1. The minimum absolute atomic E-state index is 0.0478. The van der Waals surface area contributed by atoms with E-state index in [4.69, 9.17) is 4.74 Å². The van der Waals surface area contributed by atoms with E-state index < -0.39 is 16.1 Å². The second-order valence-electron chi connectivity index (χ2n) is 10.1. The lowest BCUT2D eigenvalue weighted by atomic mass is 10.00. The predicted molar refractivity (Wildman–Crippen MR) is 148 cm³/mol. The fourth-order valence-corrected chi connectivity index (χ4v) is 6.25. The van der Waals surface area contributed by atoms with Gasteiger partial charge < -0.3 is 14.6 Å². The lowest BCUT2D eigenvalue weighted by Crippen LogP contribution is -2.40. The summed E-state index contributed by atoms with van der Waals surface area (Å²) in [5.41, 5.74) is 4.63. The molecule has 0 spiro atoms. The Balaban J connectivity index is 1.47. The van der Waals surface area contributed by atoms with Crippen molar-refractivity contribution in [2.45, 2.75) is 31.4 Å². The quantitative estimate of drug-likeness (QED) is 0.391. The topological polar surface area (TPSA) is 133 Å². The van der Waals surface area contributed by atoms with Crippen molar-refractivity contribution in [1.29, 1.82) is 0 Å². The maximum atomic E-state index is 13.6. The molecule has 12 heteroatoms. The summed E-state index contributed by atoms with van der Waals surface area (Å²) in [6, 6.07) is 13.7. The van der Waals surface area contributed by atoms with E-state index in [2.05, 4.69) is 29.6 Å². The molecule has 2 aromatic carbocycles. The Morgan fingerprint density at radius 3 is 2.60 bits per heavy atom. The van der Waals surface area contributed by atoms with Gasteiger partial charge in [0, 0.05) is 55.3 Å². The molecule has 11 nitrogen and oxygen atoms in total. The molecule has 0 aliphatic carbocycles. The van der Waals surface area contributed by atoms with Gasteiger partial charge in [-0.1, -0.05) is 24.3 Å². The van der Waals surface area contributed by atoms with E-state index in [1.807, 2.05) is 32.0 Å². The van der Waals surface area contributed by atoms with Crippen LogP contribution in [0.15, 0.2) is 66.0 Å². The molecule has 2 aliphatic heterocycles. The number of carbonyl (C=O) groups is 1. The Morgan fingerprint density at radius 2 is 1.82 bits per heavy atom. The number of nitrogens with one attached hydrogen (secondary N) is 2. The van der Waals surface area contributed by atoms with E-state index in [9.17, 15) is 13.2 Å². The van der Waals surface area contributed by atoms with Crippen molar-refractivity contribution in [3.63, 3.8) is 0 Å². The van der Waals surface area contributed by atoms with Gasteiger partial charge in [-0.3, -0.25) is 9.69 Å². The second kappa shape index (κ2) is 10.4. The minimum atomic E-state index is -4.09. The first-order chi connectivity index (χ1) is 19.2. The molecule has 6 rings (SSSR count). The molecule has 0 radical (unpaired) electrons. The lowest BCUT2D eigenvalue weighted by molar-refractivity contribution is 0.0690. The third-order valence-electron chi connectivity index (χ3n) is 7.15. The maximum Gasteiger partial charge on any atom is 0.264 e. The molecule has 2 N–H and O–H groups in total. The molecular formula is C28H29N7O4S. The average Bonchev–Trinajstić information content (AvgIpc) is 3.34. The summed E-state index contributed by atoms with van der Waals surface area (Å²) < 4.78 is 35.7. The molecule has 6 bridgehead atoms. The number of anilines is 1. The summed E-state index contributed by atoms with van der Waals surface area (Å²) >= 11 is 0. The maximum absolute atomic E-state index is 13.6. The first-order valence-corrected chi connectivity index (χ1v) is 14.5. The van der Waals surface area contributed by atoms with E-state index in [0.29, 0.717) is 38.4 Å². The molecule has 1 atom stereocenters. The van der Waals surface area contributed by atoms with Crippen LogP contribution in [0.1, 0.15) is 27.2 Å². The van der Waals surface area contributed by atoms with Gasteiger partial charge in [0.1, 0.15) is 6.10 Å². The number of aromatic amines is 1. The van der Waals surface area contributed by atoms with Gasteiger partial charge in [0.25, 0.3) is 15.9 Å². The summed E-state index contributed by atoms with van der Waals surface area (Å²) in [7, 11) is -4.09. The highest BCUT2D eigenvalue weighted by Gasteiger charge is 2.30. The first kappa shape index (κ1) is 26.0. The SMILES string of the molecule is Cc1cccc(C)c1-c1cc2nc(n1)NS(=O)(=O)c1cccc(c1)C(=O)N1CCN(Cc3cnc[nH]3)CC(C1)O2. The third kappa shape index (κ3) is 5.27. The van der Waals surface area contributed by atoms with Gasteiger partial charge in [0.2, 0.25) is 11.8 Å². The van der Waals surface area contributed by atoms with Crippen molar-refractivity contribution in [2.24, 2.45) is 0 Å². The van der Waals surface area contributed by atoms with Crippen LogP contribution in [0.25, 0.3) is 11.3 Å². The van der Waals surface area contributed by atoms with Crippen LogP contribution in [0, 0.1) is 13.8 Å². The molecule has 2 aromatic heterocycles. The third-order valence-corrected chi connectivity index (χ3v) is 8.48. The number of aromatic nitrogens is 4. The monoisotopic (exact) mass is 559 g/mol. The van der Waals surface area contributed by atoms with Gasteiger partial charge >= 0.3 is 0 Å². The fourth-order valence-electron chi connectivity index (χ4n) is 5.26. The van der Waals surface area contributed by atoms with Crippen LogP contribution < -0.4 is 9.46 Å². The molecule has 206 valence electrons. The molecule has 0 saturated carbocycles. The molecule has 4 heterocycles. The van der Waals surface area contributed by atoms with Crippen molar-refractivity contribution in [3.8, 4) is 17.1 Å². The number of carbonyl (C=O) groups excluding carboxylic acids is 1. The average molecular weight is 560 g/mol. The van der Waals surface area contributed by atoms with Gasteiger partial charge in [0.15, 0.2) is 0 Å². The summed E-state index contributed by atoms with van der Waals surface area (Å²) in [6.45, 7) is 6.45. The van der Waals surface area contributed by atoms with Gasteiger partial charge in [0.05, 0.1) is 23.5 Å². The highest BCUT2D eigenvalue weighted by molar-refractivity contribution is 7.92. The highest BCUT2D eigenvalue weighted by Crippen LogP contribution is 2.30. The number of fused-ring (bicyclic) bond motifs is 6. The Hall–Kier alpha value is -4.29. The summed E-state index contributed by atoms with van der Waals surface area (Å²) in [4.78, 5) is 33.8. The number of sulfonamides is 1. The predicted octanol–water partition coefficient (Wildman–Crippen LogP) is 3.00. The standard InChI is InChI=1S/C28H29N7O4S/c1-18-5-3-6-19(2)26(18)24-12-25-32-28(31-24)33-40(37,38)23-8-4-7-20(11-23)27(36)35-10-9-34(15-22(16-35)39-25)14-21-13-29-17-30-21/h3-8,11-13,17,22H,9-10,14-16H2,1-2H3,(H,29,30)(H,31,32,33). The van der Waals surface area contributed by atoms with E-state index in [1.165, 1.54) is 12.1 Å². The summed E-state index contributed by atoms with van der Waals surface area (Å²) in [6.07, 6.45) is 2.98. The van der Waals surface area contributed by atoms with Crippen LogP contribution >= 0.6 is 0 Å². The molecule has 1 unspecified atom stereocenters. The number of benzene rings is 2. The van der Waals surface area contributed by atoms with Crippen molar-refractivity contribution in [1.82, 2.24) is 29.7 Å². The summed E-state index contributed by atoms with van der Waals surface area (Å²) in [5, 5.41) is 0. The number of hydrogen-bond donors (Lipinski definition) is 2. The number of aryl methyl sites for hydroxylation is 2. The van der Waals surface area contributed by atoms with Gasteiger partial charge in [-0.15, -0.1) is 0 Å². The fraction of sp³-hybridized carbons (Fsp3) is 0.286. The largest absolute Gasteiger partial charge is 0.471 e. The van der Waals surface area contributed by atoms with Crippen LogP contribution in [-0.4, -0.2) is 76.3 Å². The van der Waals surface area contributed by atoms with E-state index in [-0.39, 0.29) is 28.2 Å². The molecule has 4 aromatic rings. The van der Waals surface area contributed by atoms with Gasteiger partial charge in [-0.2, -0.15) is 4.98 Å². The number of hydrogen-bond acceptors (Lipinski definition) is 8. The molecule has 1 fully saturated rings. The van der Waals surface area contributed by atoms with E-state index in [1.54, 1.807) is 35.6 Å². The van der Waals surface area contributed by atoms with Gasteiger partial charge in [-0.05, 0) is 43.2 Å². The molecule has 1 saturated heterocycles. The van der Waals surface area contributed by atoms with Crippen molar-refractivity contribution in [2.75, 3.05) is 30.9 Å². The van der Waals surface area contributed by atoms with Crippen molar-refractivity contribution in [3.05, 3.63) is 83.4 Å². The number of ether oxygens (including phenoxy) is 1. The van der Waals surface area contributed by atoms with Gasteiger partial charge in [-0.25, -0.2) is 23.1 Å². The molecule has 40 heavy (non-hydrogen) atoms. The number of nitrogens with zero attached hydrogens (tertiary/aromatic N) is 5.